The molecule has 1 heterocycles. The van der Waals surface area contributed by atoms with Gasteiger partial charge in [-0.2, -0.15) is 0 Å². The number of rotatable bonds is 3. The Morgan fingerprint density at radius 2 is 2.11 bits per heavy atom. The Morgan fingerprint density at radius 1 is 1.33 bits per heavy atom. The molecule has 0 saturated heterocycles. The van der Waals surface area contributed by atoms with Crippen LogP contribution in [0.4, 0.5) is 5.13 Å². The predicted octanol–water partition coefficient (Wildman–Crippen LogP) is 3.81. The SMILES string of the molecule is Cc1ccc(C)c(Cc2sc(N)nc2C2CC2)c1. The van der Waals surface area contributed by atoms with Crippen molar-refractivity contribution in [1.82, 2.24) is 4.98 Å². The second kappa shape index (κ2) is 4.39. The number of nitrogens with zero attached hydrogens (tertiary/aromatic N) is 1. The standard InChI is InChI=1S/C15H18N2S/c1-9-3-4-10(2)12(7-9)8-13-14(11-5-6-11)17-15(16)18-13/h3-4,7,11H,5-6,8H2,1-2H3,(H2,16,17). The molecule has 0 bridgehead atoms. The van der Waals surface area contributed by atoms with Crippen LogP contribution in [-0.4, -0.2) is 4.98 Å². The van der Waals surface area contributed by atoms with Gasteiger partial charge in [-0.15, -0.1) is 11.3 Å². The summed E-state index contributed by atoms with van der Waals surface area (Å²) in [5.41, 5.74) is 11.2. The molecule has 1 aromatic heterocycles. The van der Waals surface area contributed by atoms with E-state index in [0.29, 0.717) is 5.92 Å². The summed E-state index contributed by atoms with van der Waals surface area (Å²) in [6.45, 7) is 4.32. The molecule has 1 aliphatic rings. The first-order valence-electron chi connectivity index (χ1n) is 6.44. The fourth-order valence-electron chi connectivity index (χ4n) is 2.35. The van der Waals surface area contributed by atoms with Gasteiger partial charge in [-0.25, -0.2) is 4.98 Å². The second-order valence-electron chi connectivity index (χ2n) is 5.24. The topological polar surface area (TPSA) is 38.9 Å². The third kappa shape index (κ3) is 2.27. The van der Waals surface area contributed by atoms with Gasteiger partial charge in [-0.1, -0.05) is 23.8 Å². The van der Waals surface area contributed by atoms with E-state index in [1.807, 2.05) is 0 Å². The number of nitrogens with two attached hydrogens (primary N) is 1. The maximum atomic E-state index is 5.87. The minimum Gasteiger partial charge on any atom is -0.375 e. The van der Waals surface area contributed by atoms with Crippen molar-refractivity contribution in [1.29, 1.82) is 0 Å². The molecule has 2 aromatic rings. The molecule has 1 saturated carbocycles. The lowest BCUT2D eigenvalue weighted by atomic mass is 10.0. The van der Waals surface area contributed by atoms with Crippen LogP contribution in [0.1, 0.15) is 46.0 Å². The van der Waals surface area contributed by atoms with Crippen molar-refractivity contribution in [3.63, 3.8) is 0 Å². The number of hydrogen-bond donors (Lipinski definition) is 1. The van der Waals surface area contributed by atoms with Crippen LogP contribution in [0.3, 0.4) is 0 Å². The molecule has 0 aliphatic heterocycles. The Labute approximate surface area is 112 Å². The van der Waals surface area contributed by atoms with Gasteiger partial charge in [0.15, 0.2) is 5.13 Å². The summed E-state index contributed by atoms with van der Waals surface area (Å²) < 4.78 is 0. The Bertz CT molecular complexity index is 582. The molecular weight excluding hydrogens is 240 g/mol. The lowest BCUT2D eigenvalue weighted by molar-refractivity contribution is 1.01. The van der Waals surface area contributed by atoms with E-state index < -0.39 is 0 Å². The fourth-order valence-corrected chi connectivity index (χ4v) is 3.29. The number of aromatic nitrogens is 1. The van der Waals surface area contributed by atoms with Crippen molar-refractivity contribution in [3.8, 4) is 0 Å². The molecule has 94 valence electrons. The van der Waals surface area contributed by atoms with Crippen LogP contribution in [0.15, 0.2) is 18.2 Å². The molecule has 3 heteroatoms. The van der Waals surface area contributed by atoms with Crippen molar-refractivity contribution in [3.05, 3.63) is 45.5 Å². The third-order valence-corrected chi connectivity index (χ3v) is 4.46. The van der Waals surface area contributed by atoms with Crippen molar-refractivity contribution in [2.45, 2.75) is 39.0 Å². The molecule has 1 aliphatic carbocycles. The largest absolute Gasteiger partial charge is 0.375 e. The summed E-state index contributed by atoms with van der Waals surface area (Å²) in [5, 5.41) is 0.720. The van der Waals surface area contributed by atoms with E-state index in [1.165, 1.54) is 40.1 Å². The average Bonchev–Trinajstić information content (AvgIpc) is 3.09. The number of benzene rings is 1. The van der Waals surface area contributed by atoms with Gasteiger partial charge in [0.1, 0.15) is 0 Å². The van der Waals surface area contributed by atoms with Gasteiger partial charge in [0.25, 0.3) is 0 Å². The van der Waals surface area contributed by atoms with Crippen molar-refractivity contribution in [2.24, 2.45) is 0 Å². The third-order valence-electron chi connectivity index (χ3n) is 3.56. The Hall–Kier alpha value is -1.35. The van der Waals surface area contributed by atoms with Gasteiger partial charge in [0.2, 0.25) is 0 Å². The second-order valence-corrected chi connectivity index (χ2v) is 6.36. The number of nitrogen functional groups attached to an aromatic ring is 1. The van der Waals surface area contributed by atoms with Gasteiger partial charge in [-0.3, -0.25) is 0 Å². The van der Waals surface area contributed by atoms with Gasteiger partial charge in [-0.05, 0) is 37.8 Å². The molecule has 3 rings (SSSR count). The van der Waals surface area contributed by atoms with Crippen molar-refractivity contribution < 1.29 is 0 Å². The van der Waals surface area contributed by atoms with E-state index in [9.17, 15) is 0 Å². The highest BCUT2D eigenvalue weighted by molar-refractivity contribution is 7.15. The molecule has 0 radical (unpaired) electrons. The Balaban J connectivity index is 1.94. The molecule has 18 heavy (non-hydrogen) atoms. The smallest absolute Gasteiger partial charge is 0.180 e. The summed E-state index contributed by atoms with van der Waals surface area (Å²) in [4.78, 5) is 5.88. The molecule has 2 nitrogen and oxygen atoms in total. The highest BCUT2D eigenvalue weighted by atomic mass is 32.1. The van der Waals surface area contributed by atoms with Gasteiger partial charge in [0, 0.05) is 17.2 Å². The molecule has 0 spiro atoms. The number of thiazole rings is 1. The minimum atomic E-state index is 0.679. The van der Waals surface area contributed by atoms with Crippen LogP contribution in [0.2, 0.25) is 0 Å². The summed E-state index contributed by atoms with van der Waals surface area (Å²) in [7, 11) is 0. The molecule has 1 aromatic carbocycles. The summed E-state index contributed by atoms with van der Waals surface area (Å²) in [5.74, 6) is 0.679. The quantitative estimate of drug-likeness (QED) is 0.909. The highest BCUT2D eigenvalue weighted by Crippen LogP contribution is 2.43. The number of aryl methyl sites for hydroxylation is 2. The maximum Gasteiger partial charge on any atom is 0.180 e. The van der Waals surface area contributed by atoms with Crippen LogP contribution in [0.5, 0.6) is 0 Å². The first-order chi connectivity index (χ1) is 8.63. The van der Waals surface area contributed by atoms with Crippen molar-refractivity contribution in [2.75, 3.05) is 5.73 Å². The summed E-state index contributed by atoms with van der Waals surface area (Å²) >= 11 is 1.66. The first-order valence-corrected chi connectivity index (χ1v) is 7.26. The first kappa shape index (κ1) is 11.7. The Morgan fingerprint density at radius 3 is 2.83 bits per heavy atom. The van der Waals surface area contributed by atoms with Crippen LogP contribution in [-0.2, 0) is 6.42 Å². The Kier molecular flexibility index (Phi) is 2.86. The van der Waals surface area contributed by atoms with Crippen LogP contribution >= 0.6 is 11.3 Å². The zero-order valence-electron chi connectivity index (χ0n) is 10.9. The van der Waals surface area contributed by atoms with E-state index in [2.05, 4.69) is 37.0 Å². The molecule has 0 unspecified atom stereocenters. The van der Waals surface area contributed by atoms with Crippen LogP contribution in [0.25, 0.3) is 0 Å². The lowest BCUT2D eigenvalue weighted by Crippen LogP contribution is -1.94. The average molecular weight is 258 g/mol. The van der Waals surface area contributed by atoms with E-state index >= 15 is 0 Å². The molecular formula is C15H18N2S. The minimum absolute atomic E-state index is 0.679. The monoisotopic (exact) mass is 258 g/mol. The van der Waals surface area contributed by atoms with E-state index in [-0.39, 0.29) is 0 Å². The van der Waals surface area contributed by atoms with Gasteiger partial charge in [0.05, 0.1) is 5.69 Å². The van der Waals surface area contributed by atoms with Crippen molar-refractivity contribution >= 4 is 16.5 Å². The van der Waals surface area contributed by atoms with Crippen LogP contribution < -0.4 is 5.73 Å². The van der Waals surface area contributed by atoms with Gasteiger partial charge < -0.3 is 5.73 Å². The summed E-state index contributed by atoms with van der Waals surface area (Å²) in [6, 6.07) is 6.65. The molecule has 0 amide bonds. The molecule has 0 atom stereocenters. The number of hydrogen-bond acceptors (Lipinski definition) is 3. The number of anilines is 1. The normalized spacial score (nSPS) is 15.0. The summed E-state index contributed by atoms with van der Waals surface area (Å²) in [6.07, 6.45) is 3.54. The zero-order valence-corrected chi connectivity index (χ0v) is 11.7. The highest BCUT2D eigenvalue weighted by Gasteiger charge is 2.29. The molecule has 1 fully saturated rings. The van der Waals surface area contributed by atoms with Crippen LogP contribution in [0, 0.1) is 13.8 Å². The van der Waals surface area contributed by atoms with E-state index in [4.69, 9.17) is 5.73 Å². The van der Waals surface area contributed by atoms with Gasteiger partial charge >= 0.3 is 0 Å². The predicted molar refractivity (Wildman–Crippen MR) is 77.2 cm³/mol. The zero-order chi connectivity index (χ0) is 12.7. The van der Waals surface area contributed by atoms with E-state index in [0.717, 1.165) is 11.6 Å². The maximum absolute atomic E-state index is 5.87. The van der Waals surface area contributed by atoms with E-state index in [1.54, 1.807) is 11.3 Å². The molecule has 2 N–H and O–H groups in total. The fraction of sp³-hybridized carbons (Fsp3) is 0.400. The lowest BCUT2D eigenvalue weighted by Gasteiger charge is -2.07.